The van der Waals surface area contributed by atoms with Crippen molar-refractivity contribution in [2.24, 2.45) is 0 Å². The lowest BCUT2D eigenvalue weighted by Crippen LogP contribution is -2.37. The number of anilines is 2. The third-order valence-electron chi connectivity index (χ3n) is 3.40. The van der Waals surface area contributed by atoms with Crippen LogP contribution in [0.3, 0.4) is 0 Å². The van der Waals surface area contributed by atoms with Crippen LogP contribution in [0.5, 0.6) is 0 Å². The number of halogens is 1. The average molecular weight is 348 g/mol. The number of rotatable bonds is 2. The van der Waals surface area contributed by atoms with Gasteiger partial charge in [0.2, 0.25) is 0 Å². The van der Waals surface area contributed by atoms with Crippen molar-refractivity contribution < 1.29 is 4.74 Å². The molecule has 1 fully saturated rings. The van der Waals surface area contributed by atoms with Gasteiger partial charge in [0.1, 0.15) is 17.5 Å². The van der Waals surface area contributed by atoms with Crippen LogP contribution in [-0.4, -0.2) is 36.1 Å². The largest absolute Gasteiger partial charge is 0.382 e. The van der Waals surface area contributed by atoms with Crippen LogP contribution in [0, 0.1) is 11.3 Å². The van der Waals surface area contributed by atoms with Crippen molar-refractivity contribution in [3.05, 3.63) is 34.3 Å². The molecule has 0 aliphatic carbocycles. The third kappa shape index (κ3) is 2.60. The summed E-state index contributed by atoms with van der Waals surface area (Å²) in [7, 11) is 0. The van der Waals surface area contributed by atoms with E-state index in [0.29, 0.717) is 43.5 Å². The minimum Gasteiger partial charge on any atom is -0.382 e. The van der Waals surface area contributed by atoms with E-state index >= 15 is 0 Å². The van der Waals surface area contributed by atoms with Crippen LogP contribution in [0.4, 0.5) is 11.6 Å². The Morgan fingerprint density at radius 3 is 2.52 bits per heavy atom. The molecule has 2 aromatic rings. The van der Waals surface area contributed by atoms with Gasteiger partial charge in [-0.2, -0.15) is 5.26 Å². The Bertz CT molecular complexity index is 683. The second-order valence-electron chi connectivity index (χ2n) is 4.68. The van der Waals surface area contributed by atoms with Crippen molar-refractivity contribution in [3.63, 3.8) is 0 Å². The smallest absolute Gasteiger partial charge is 0.171 e. The SMILES string of the molecule is N#Cc1c(N2CCOCC2)nn(-c2ccc(Br)cc2)c1N. The fourth-order valence-corrected chi connectivity index (χ4v) is 2.57. The fraction of sp³-hybridized carbons (Fsp3) is 0.286. The summed E-state index contributed by atoms with van der Waals surface area (Å²) in [6.45, 7) is 2.70. The molecule has 0 spiro atoms. The Labute approximate surface area is 130 Å². The van der Waals surface area contributed by atoms with Crippen LogP contribution in [0.2, 0.25) is 0 Å². The molecule has 7 heteroatoms. The molecule has 1 aliphatic rings. The van der Waals surface area contributed by atoms with Crippen LogP contribution < -0.4 is 10.6 Å². The monoisotopic (exact) mass is 347 g/mol. The number of nitrogens with two attached hydrogens (primary N) is 1. The number of nitrogen functional groups attached to an aromatic ring is 1. The summed E-state index contributed by atoms with van der Waals surface area (Å²) in [6, 6.07) is 9.79. The van der Waals surface area contributed by atoms with Crippen LogP contribution in [-0.2, 0) is 4.74 Å². The molecule has 0 atom stereocenters. The van der Waals surface area contributed by atoms with E-state index in [0.717, 1.165) is 10.2 Å². The van der Waals surface area contributed by atoms with Crippen LogP contribution in [0.25, 0.3) is 5.69 Å². The lowest BCUT2D eigenvalue weighted by atomic mass is 10.3. The molecular weight excluding hydrogens is 334 g/mol. The molecule has 21 heavy (non-hydrogen) atoms. The zero-order valence-electron chi connectivity index (χ0n) is 11.3. The summed E-state index contributed by atoms with van der Waals surface area (Å²) in [6.07, 6.45) is 0. The Hall–Kier alpha value is -2.04. The molecule has 0 saturated carbocycles. The van der Waals surface area contributed by atoms with E-state index in [4.69, 9.17) is 10.5 Å². The fourth-order valence-electron chi connectivity index (χ4n) is 2.30. The number of aromatic nitrogens is 2. The van der Waals surface area contributed by atoms with Crippen molar-refractivity contribution in [2.45, 2.75) is 0 Å². The maximum atomic E-state index is 9.39. The van der Waals surface area contributed by atoms with E-state index in [9.17, 15) is 5.26 Å². The summed E-state index contributed by atoms with van der Waals surface area (Å²) in [4.78, 5) is 2.04. The number of nitrogens with zero attached hydrogens (tertiary/aromatic N) is 4. The molecule has 0 amide bonds. The molecule has 0 unspecified atom stereocenters. The Balaban J connectivity index is 2.04. The third-order valence-corrected chi connectivity index (χ3v) is 3.92. The minimum atomic E-state index is 0.362. The molecule has 1 aliphatic heterocycles. The highest BCUT2D eigenvalue weighted by Gasteiger charge is 2.23. The summed E-state index contributed by atoms with van der Waals surface area (Å²) in [5.41, 5.74) is 7.34. The summed E-state index contributed by atoms with van der Waals surface area (Å²) in [5, 5.41) is 13.9. The maximum Gasteiger partial charge on any atom is 0.171 e. The van der Waals surface area contributed by atoms with Crippen LogP contribution in [0.1, 0.15) is 5.56 Å². The van der Waals surface area contributed by atoms with E-state index in [1.165, 1.54) is 0 Å². The lowest BCUT2D eigenvalue weighted by Gasteiger charge is -2.26. The molecule has 1 aromatic carbocycles. The minimum absolute atomic E-state index is 0.362. The molecule has 0 radical (unpaired) electrons. The van der Waals surface area contributed by atoms with Crippen LogP contribution >= 0.6 is 15.9 Å². The van der Waals surface area contributed by atoms with Crippen molar-refractivity contribution in [1.82, 2.24) is 9.78 Å². The van der Waals surface area contributed by atoms with Crippen molar-refractivity contribution in [1.29, 1.82) is 5.26 Å². The number of benzene rings is 1. The molecule has 1 aromatic heterocycles. The van der Waals surface area contributed by atoms with E-state index in [-0.39, 0.29) is 0 Å². The van der Waals surface area contributed by atoms with Gasteiger partial charge in [0.25, 0.3) is 0 Å². The van der Waals surface area contributed by atoms with Gasteiger partial charge in [0, 0.05) is 17.6 Å². The van der Waals surface area contributed by atoms with Crippen molar-refractivity contribution in [3.8, 4) is 11.8 Å². The highest BCUT2D eigenvalue weighted by molar-refractivity contribution is 9.10. The quantitative estimate of drug-likeness (QED) is 0.897. The second-order valence-corrected chi connectivity index (χ2v) is 5.60. The van der Waals surface area contributed by atoms with Gasteiger partial charge in [0.05, 0.1) is 18.9 Å². The normalized spacial score (nSPS) is 15.0. The number of nitriles is 1. The summed E-state index contributed by atoms with van der Waals surface area (Å²) in [5.74, 6) is 0.988. The first kappa shape index (κ1) is 13.9. The van der Waals surface area contributed by atoms with Gasteiger partial charge in [-0.1, -0.05) is 15.9 Å². The van der Waals surface area contributed by atoms with Gasteiger partial charge in [-0.15, -0.1) is 5.10 Å². The van der Waals surface area contributed by atoms with E-state index in [1.807, 2.05) is 29.2 Å². The first-order valence-corrected chi connectivity index (χ1v) is 7.37. The highest BCUT2D eigenvalue weighted by Crippen LogP contribution is 2.28. The van der Waals surface area contributed by atoms with Crippen LogP contribution in [0.15, 0.2) is 28.7 Å². The highest BCUT2D eigenvalue weighted by atomic mass is 79.9. The molecule has 2 N–H and O–H groups in total. The maximum absolute atomic E-state index is 9.39. The molecular formula is C14H14BrN5O. The first-order chi connectivity index (χ1) is 10.2. The standard InChI is InChI=1S/C14H14BrN5O/c15-10-1-3-11(4-2-10)20-13(17)12(9-16)14(18-20)19-5-7-21-8-6-19/h1-4H,5-8,17H2. The van der Waals surface area contributed by atoms with E-state index in [2.05, 4.69) is 27.1 Å². The topological polar surface area (TPSA) is 80.1 Å². The van der Waals surface area contributed by atoms with Gasteiger partial charge >= 0.3 is 0 Å². The van der Waals surface area contributed by atoms with Crippen molar-refractivity contribution in [2.75, 3.05) is 36.9 Å². The summed E-state index contributed by atoms with van der Waals surface area (Å²) < 4.78 is 7.92. The average Bonchev–Trinajstić information content (AvgIpc) is 2.86. The summed E-state index contributed by atoms with van der Waals surface area (Å²) >= 11 is 3.40. The molecule has 0 bridgehead atoms. The second kappa shape index (κ2) is 5.76. The van der Waals surface area contributed by atoms with Gasteiger partial charge in [-0.05, 0) is 24.3 Å². The number of hydrogen-bond donors (Lipinski definition) is 1. The van der Waals surface area contributed by atoms with Gasteiger partial charge in [-0.25, -0.2) is 4.68 Å². The molecule has 1 saturated heterocycles. The zero-order valence-corrected chi connectivity index (χ0v) is 12.9. The molecule has 3 rings (SSSR count). The lowest BCUT2D eigenvalue weighted by molar-refractivity contribution is 0.122. The van der Waals surface area contributed by atoms with Gasteiger partial charge < -0.3 is 15.4 Å². The van der Waals surface area contributed by atoms with Gasteiger partial charge in [-0.3, -0.25) is 0 Å². The predicted octanol–water partition coefficient (Wildman–Crippen LogP) is 1.93. The zero-order chi connectivity index (χ0) is 14.8. The number of hydrogen-bond acceptors (Lipinski definition) is 5. The predicted molar refractivity (Wildman–Crippen MR) is 83.4 cm³/mol. The van der Waals surface area contributed by atoms with Gasteiger partial charge in [0.15, 0.2) is 5.82 Å². The molecule has 108 valence electrons. The molecule has 6 nitrogen and oxygen atoms in total. The Morgan fingerprint density at radius 2 is 1.90 bits per heavy atom. The van der Waals surface area contributed by atoms with Crippen molar-refractivity contribution >= 4 is 27.6 Å². The Kier molecular flexibility index (Phi) is 3.82. The Morgan fingerprint density at radius 1 is 1.24 bits per heavy atom. The number of morpholine rings is 1. The number of ether oxygens (including phenoxy) is 1. The molecule has 2 heterocycles. The van der Waals surface area contributed by atoms with E-state index < -0.39 is 0 Å². The van der Waals surface area contributed by atoms with E-state index in [1.54, 1.807) is 4.68 Å². The first-order valence-electron chi connectivity index (χ1n) is 6.58.